The van der Waals surface area contributed by atoms with Crippen LogP contribution in [0.15, 0.2) is 24.3 Å². The first-order valence-corrected chi connectivity index (χ1v) is 10.4. The first-order valence-electron chi connectivity index (χ1n) is 10.4. The van der Waals surface area contributed by atoms with E-state index in [4.69, 9.17) is 0 Å². The molecule has 0 bridgehead atoms. The maximum Gasteiger partial charge on any atom is 0.455 e. The van der Waals surface area contributed by atoms with Gasteiger partial charge >= 0.3 is 18.3 Å². The van der Waals surface area contributed by atoms with E-state index >= 15 is 0 Å². The van der Waals surface area contributed by atoms with E-state index in [-0.39, 0.29) is 22.8 Å². The Hall–Kier alpha value is -3.21. The van der Waals surface area contributed by atoms with E-state index in [1.165, 1.54) is 29.2 Å². The molecule has 0 saturated carbocycles. The highest BCUT2D eigenvalue weighted by Crippen LogP contribution is 2.36. The minimum absolute atomic E-state index is 0.0739. The monoisotopic (exact) mass is 550 g/mol. The van der Waals surface area contributed by atoms with Crippen molar-refractivity contribution in [2.75, 3.05) is 42.6 Å². The van der Waals surface area contributed by atoms with Gasteiger partial charge in [-0.1, -0.05) is 12.1 Å². The van der Waals surface area contributed by atoms with Gasteiger partial charge < -0.3 is 25.7 Å². The number of aliphatic hydroxyl groups is 2. The SMILES string of the molecule is C[C@@](O)(C(=O)NCC(F)(F)C(F)(F)F)C(=O)N[C@H]1CN(CCO)c2ccccc2N(CC(F)(F)F)C1=O. The van der Waals surface area contributed by atoms with Gasteiger partial charge in [-0.25, -0.2) is 0 Å². The number of carbonyl (C=O) groups is 3. The molecule has 0 saturated heterocycles. The van der Waals surface area contributed by atoms with Crippen LogP contribution >= 0.6 is 0 Å². The molecule has 0 aromatic heterocycles. The lowest BCUT2D eigenvalue weighted by Gasteiger charge is -2.29. The van der Waals surface area contributed by atoms with Crippen LogP contribution in [0.4, 0.5) is 46.5 Å². The molecule has 0 spiro atoms. The molecule has 0 radical (unpaired) electrons. The normalized spacial score (nSPS) is 18.6. The number of fused-ring (bicyclic) bond motifs is 1. The fourth-order valence-electron chi connectivity index (χ4n) is 3.31. The number of hydrogen-bond acceptors (Lipinski definition) is 6. The zero-order valence-corrected chi connectivity index (χ0v) is 19.0. The summed E-state index contributed by atoms with van der Waals surface area (Å²) in [6.45, 7) is -5.00. The number of hydrogen-bond donors (Lipinski definition) is 4. The molecule has 3 amide bonds. The van der Waals surface area contributed by atoms with Gasteiger partial charge in [0.25, 0.3) is 17.7 Å². The molecule has 4 N–H and O–H groups in total. The van der Waals surface area contributed by atoms with E-state index in [0.717, 1.165) is 5.32 Å². The number of para-hydroxylation sites is 2. The van der Waals surface area contributed by atoms with E-state index in [1.54, 1.807) is 0 Å². The summed E-state index contributed by atoms with van der Waals surface area (Å²) in [5, 5.41) is 22.5. The molecule has 1 aromatic rings. The Morgan fingerprint density at radius 1 is 1.03 bits per heavy atom. The molecular formula is C20H22F8N4O5. The predicted molar refractivity (Wildman–Crippen MR) is 111 cm³/mol. The smallest absolute Gasteiger partial charge is 0.395 e. The molecular weight excluding hydrogens is 528 g/mol. The molecule has 9 nitrogen and oxygen atoms in total. The lowest BCUT2D eigenvalue weighted by Crippen LogP contribution is -2.62. The van der Waals surface area contributed by atoms with E-state index < -0.39 is 73.9 Å². The van der Waals surface area contributed by atoms with Crippen LogP contribution < -0.4 is 20.4 Å². The Kier molecular flexibility index (Phi) is 8.64. The van der Waals surface area contributed by atoms with Crippen LogP contribution in [-0.4, -0.2) is 90.6 Å². The van der Waals surface area contributed by atoms with Crippen LogP contribution in [0, 0.1) is 0 Å². The van der Waals surface area contributed by atoms with Gasteiger partial charge in [-0.15, -0.1) is 0 Å². The maximum absolute atomic E-state index is 13.3. The average Bonchev–Trinajstić information content (AvgIpc) is 2.87. The number of amides is 3. The van der Waals surface area contributed by atoms with Gasteiger partial charge in [0.15, 0.2) is 0 Å². The second-order valence-corrected chi connectivity index (χ2v) is 8.18. The molecule has 1 aliphatic heterocycles. The Labute approximate surface area is 204 Å². The van der Waals surface area contributed by atoms with Crippen molar-refractivity contribution in [3.8, 4) is 0 Å². The van der Waals surface area contributed by atoms with Gasteiger partial charge in [-0.3, -0.25) is 19.3 Å². The topological polar surface area (TPSA) is 122 Å². The van der Waals surface area contributed by atoms with Crippen LogP contribution in [0.5, 0.6) is 0 Å². The first kappa shape index (κ1) is 30.0. The average molecular weight is 550 g/mol. The number of nitrogens with one attached hydrogen (secondary N) is 2. The number of anilines is 2. The Bertz CT molecular complexity index is 1020. The fraction of sp³-hybridized carbons (Fsp3) is 0.550. The highest BCUT2D eigenvalue weighted by Gasteiger charge is 2.58. The predicted octanol–water partition coefficient (Wildman–Crippen LogP) is 0.944. The second kappa shape index (κ2) is 10.6. The molecule has 17 heteroatoms. The maximum atomic E-state index is 13.3. The Morgan fingerprint density at radius 3 is 2.11 bits per heavy atom. The minimum atomic E-state index is -6.05. The van der Waals surface area contributed by atoms with Crippen molar-refractivity contribution in [3.05, 3.63) is 24.3 Å². The third-order valence-electron chi connectivity index (χ3n) is 5.26. The molecule has 37 heavy (non-hydrogen) atoms. The summed E-state index contributed by atoms with van der Waals surface area (Å²) in [6.07, 6.45) is -11.0. The lowest BCUT2D eigenvalue weighted by molar-refractivity contribution is -0.278. The molecule has 0 unspecified atom stereocenters. The zero-order chi connectivity index (χ0) is 28.4. The van der Waals surface area contributed by atoms with Crippen molar-refractivity contribution in [1.82, 2.24) is 10.6 Å². The van der Waals surface area contributed by atoms with Gasteiger partial charge in [0.05, 0.1) is 24.5 Å². The van der Waals surface area contributed by atoms with Crippen molar-refractivity contribution >= 4 is 29.1 Å². The van der Waals surface area contributed by atoms with Crippen molar-refractivity contribution in [1.29, 1.82) is 0 Å². The summed E-state index contributed by atoms with van der Waals surface area (Å²) in [5.74, 6) is -10.5. The van der Waals surface area contributed by atoms with Crippen LogP contribution in [0.3, 0.4) is 0 Å². The summed E-state index contributed by atoms with van der Waals surface area (Å²) >= 11 is 0. The van der Waals surface area contributed by atoms with Gasteiger partial charge in [-0.05, 0) is 19.1 Å². The highest BCUT2D eigenvalue weighted by molar-refractivity contribution is 6.10. The third-order valence-corrected chi connectivity index (χ3v) is 5.26. The fourth-order valence-corrected chi connectivity index (χ4v) is 3.31. The van der Waals surface area contributed by atoms with Crippen LogP contribution in [0.1, 0.15) is 6.92 Å². The number of halogens is 8. The molecule has 1 aliphatic rings. The lowest BCUT2D eigenvalue weighted by atomic mass is 10.0. The van der Waals surface area contributed by atoms with Crippen molar-refractivity contribution in [3.63, 3.8) is 0 Å². The molecule has 0 fully saturated rings. The second-order valence-electron chi connectivity index (χ2n) is 8.18. The van der Waals surface area contributed by atoms with Crippen LogP contribution in [-0.2, 0) is 14.4 Å². The van der Waals surface area contributed by atoms with Gasteiger partial charge in [0.2, 0.25) is 5.60 Å². The summed E-state index contributed by atoms with van der Waals surface area (Å²) < 4.78 is 103. The van der Waals surface area contributed by atoms with Gasteiger partial charge in [0.1, 0.15) is 12.6 Å². The molecule has 1 heterocycles. The summed E-state index contributed by atoms with van der Waals surface area (Å²) in [6, 6.07) is 3.42. The molecule has 2 atom stereocenters. The molecule has 0 aliphatic carbocycles. The molecule has 1 aromatic carbocycles. The Balaban J connectivity index is 2.32. The number of aliphatic hydroxyl groups excluding tert-OH is 1. The van der Waals surface area contributed by atoms with E-state index in [9.17, 15) is 59.7 Å². The van der Waals surface area contributed by atoms with E-state index in [2.05, 4.69) is 0 Å². The summed E-state index contributed by atoms with van der Waals surface area (Å²) in [7, 11) is 0. The van der Waals surface area contributed by atoms with Crippen molar-refractivity contribution in [2.24, 2.45) is 0 Å². The molecule has 208 valence electrons. The standard InChI is InChI=1S/C20H22F8N4O5/c1-17(37,15(35)29-9-18(21,22)20(26,27)28)16(36)30-11-8-31(6-7-33)12-4-2-3-5-13(12)32(14(11)34)10-19(23,24)25/h2-5,11,33,37H,6-10H2,1H3,(H,29,35)(H,30,36)/t11-,17+/m0/s1. The largest absolute Gasteiger partial charge is 0.455 e. The van der Waals surface area contributed by atoms with Gasteiger partial charge in [-0.2, -0.15) is 35.1 Å². The van der Waals surface area contributed by atoms with Crippen molar-refractivity contribution in [2.45, 2.75) is 36.8 Å². The first-order chi connectivity index (χ1) is 16.8. The van der Waals surface area contributed by atoms with E-state index in [0.29, 0.717) is 6.92 Å². The zero-order valence-electron chi connectivity index (χ0n) is 19.0. The minimum Gasteiger partial charge on any atom is -0.395 e. The summed E-state index contributed by atoms with van der Waals surface area (Å²) in [5.41, 5.74) is -3.46. The number of β-amino-alcohol motifs (C(OH)–C–C–N with tert-alkyl or cyclic N) is 1. The number of nitrogens with zero attached hydrogens (tertiary/aromatic N) is 2. The van der Waals surface area contributed by atoms with Crippen LogP contribution in [0.25, 0.3) is 0 Å². The number of benzene rings is 1. The van der Waals surface area contributed by atoms with Gasteiger partial charge in [0, 0.05) is 13.1 Å². The highest BCUT2D eigenvalue weighted by atomic mass is 19.4. The number of carbonyl (C=O) groups excluding carboxylic acids is 3. The summed E-state index contributed by atoms with van der Waals surface area (Å²) in [4.78, 5) is 39.2. The molecule has 2 rings (SSSR count). The number of alkyl halides is 8. The van der Waals surface area contributed by atoms with E-state index in [1.807, 2.05) is 5.32 Å². The Morgan fingerprint density at radius 2 is 1.59 bits per heavy atom. The third kappa shape index (κ3) is 6.97. The van der Waals surface area contributed by atoms with Crippen LogP contribution in [0.2, 0.25) is 0 Å². The van der Waals surface area contributed by atoms with Crippen molar-refractivity contribution < 1.29 is 59.7 Å². The quantitative estimate of drug-likeness (QED) is 0.283. The number of rotatable bonds is 8.